The van der Waals surface area contributed by atoms with Gasteiger partial charge in [0.2, 0.25) is 11.7 Å². The first-order valence-electron chi connectivity index (χ1n) is 10.5. The summed E-state index contributed by atoms with van der Waals surface area (Å²) in [5, 5.41) is 3.41. The van der Waals surface area contributed by atoms with Gasteiger partial charge in [0.15, 0.2) is 0 Å². The number of halogens is 3. The van der Waals surface area contributed by atoms with Gasteiger partial charge in [0.05, 0.1) is 12.1 Å². The Morgan fingerprint density at radius 3 is 2.42 bits per heavy atom. The number of rotatable bonds is 3. The Morgan fingerprint density at radius 1 is 1.03 bits per heavy atom. The van der Waals surface area contributed by atoms with Crippen molar-refractivity contribution in [1.82, 2.24) is 19.9 Å². The molecule has 5 rings (SSSR count). The Labute approximate surface area is 176 Å². The second-order valence-electron chi connectivity index (χ2n) is 8.34. The molecule has 2 aliphatic heterocycles. The van der Waals surface area contributed by atoms with Crippen LogP contribution in [0.1, 0.15) is 60.3 Å². The first-order valence-corrected chi connectivity index (χ1v) is 10.5. The van der Waals surface area contributed by atoms with Crippen LogP contribution in [0, 0.1) is 0 Å². The summed E-state index contributed by atoms with van der Waals surface area (Å²) in [4.78, 5) is 32.8. The lowest BCUT2D eigenvalue weighted by Gasteiger charge is -2.42. The Morgan fingerprint density at radius 2 is 1.77 bits per heavy atom. The Balaban J connectivity index is 1.41. The Hall–Kier alpha value is -2.91. The van der Waals surface area contributed by atoms with E-state index in [0.717, 1.165) is 44.2 Å². The molecule has 0 radical (unpaired) electrons. The molecular weight excluding hydrogens is 413 g/mol. The minimum Gasteiger partial charge on any atom is -0.338 e. The number of carbonyl (C=O) groups excluding carboxylic acids is 2. The third-order valence-corrected chi connectivity index (χ3v) is 6.47. The molecule has 1 saturated heterocycles. The van der Waals surface area contributed by atoms with E-state index in [4.69, 9.17) is 0 Å². The van der Waals surface area contributed by atoms with Crippen LogP contribution >= 0.6 is 0 Å². The fraction of sp³-hybridized carbons (Fsp3) is 0.524. The van der Waals surface area contributed by atoms with Gasteiger partial charge in [-0.05, 0) is 30.9 Å². The minimum absolute atomic E-state index is 0.0213. The summed E-state index contributed by atoms with van der Waals surface area (Å²) in [6.07, 6.45) is 0.430. The number of benzene rings is 1. The van der Waals surface area contributed by atoms with Gasteiger partial charge in [-0.15, -0.1) is 0 Å². The number of nitrogens with zero attached hydrogens (tertiary/aromatic N) is 4. The van der Waals surface area contributed by atoms with Gasteiger partial charge in [0.25, 0.3) is 5.91 Å². The molecule has 1 saturated carbocycles. The van der Waals surface area contributed by atoms with Gasteiger partial charge >= 0.3 is 12.1 Å². The monoisotopic (exact) mass is 434 g/mol. The number of hydrogen-bond acceptors (Lipinski definition) is 5. The molecule has 1 aliphatic carbocycles. The van der Waals surface area contributed by atoms with E-state index in [-0.39, 0.29) is 29.7 Å². The van der Waals surface area contributed by atoms with E-state index in [1.165, 1.54) is 6.07 Å². The second kappa shape index (κ2) is 7.35. The van der Waals surface area contributed by atoms with E-state index in [2.05, 4.69) is 14.7 Å². The number of carbonyl (C=O) groups is 2. The molecule has 2 fully saturated rings. The lowest BCUT2D eigenvalue weighted by molar-refractivity contribution is -0.159. The minimum atomic E-state index is -4.72. The quantitative estimate of drug-likeness (QED) is 0.737. The highest BCUT2D eigenvalue weighted by molar-refractivity contribution is 5.99. The molecule has 2 atom stereocenters. The van der Waals surface area contributed by atoms with Gasteiger partial charge in [-0.25, -0.2) is 0 Å². The highest BCUT2D eigenvalue weighted by Crippen LogP contribution is 2.36. The van der Waals surface area contributed by atoms with Crippen LogP contribution in [0.5, 0.6) is 0 Å². The van der Waals surface area contributed by atoms with Gasteiger partial charge in [0.1, 0.15) is 0 Å². The molecule has 7 nitrogen and oxygen atoms in total. The van der Waals surface area contributed by atoms with Crippen molar-refractivity contribution in [3.63, 3.8) is 0 Å². The summed E-state index contributed by atoms with van der Waals surface area (Å²) in [6.45, 7) is 1.16. The fourth-order valence-corrected chi connectivity index (χ4v) is 5.02. The molecule has 1 aromatic carbocycles. The maximum atomic E-state index is 13.3. The number of fused-ring (bicyclic) bond motifs is 1. The van der Waals surface area contributed by atoms with Crippen LogP contribution in [0.3, 0.4) is 0 Å². The molecule has 3 aliphatic rings. The van der Waals surface area contributed by atoms with Crippen molar-refractivity contribution in [2.45, 2.75) is 63.3 Å². The predicted octanol–water partition coefficient (Wildman–Crippen LogP) is 3.64. The highest BCUT2D eigenvalue weighted by Gasteiger charge is 2.43. The van der Waals surface area contributed by atoms with Crippen molar-refractivity contribution in [3.8, 4) is 11.4 Å². The number of alkyl halides is 3. The van der Waals surface area contributed by atoms with Gasteiger partial charge in [-0.3, -0.25) is 9.59 Å². The van der Waals surface area contributed by atoms with Crippen LogP contribution in [-0.4, -0.2) is 50.4 Å². The zero-order chi connectivity index (χ0) is 21.8. The molecule has 10 heteroatoms. The number of hydrogen-bond donors (Lipinski definition) is 0. The van der Waals surface area contributed by atoms with Gasteiger partial charge in [-0.1, -0.05) is 30.1 Å². The summed E-state index contributed by atoms with van der Waals surface area (Å²) in [5.74, 6) is -1.64. The summed E-state index contributed by atoms with van der Waals surface area (Å²) in [6, 6.07) is 4.82. The molecule has 31 heavy (non-hydrogen) atoms. The molecule has 3 heterocycles. The van der Waals surface area contributed by atoms with Crippen molar-refractivity contribution in [2.24, 2.45) is 0 Å². The van der Waals surface area contributed by atoms with E-state index in [9.17, 15) is 22.8 Å². The summed E-state index contributed by atoms with van der Waals surface area (Å²) >= 11 is 0. The first kappa shape index (κ1) is 20.0. The molecule has 2 unspecified atom stereocenters. The molecule has 0 spiro atoms. The standard InChI is InChI=1S/C21H21F3N4O3/c22-21(23,24)20-25-18(26-31-20)12-7-8-13-11-28(19(30)14(13)10-12)16-5-2-1-4-15(16)27-9-3-6-17(27)29/h7-8,10,15-16H,1-6,9,11H2. The van der Waals surface area contributed by atoms with Gasteiger partial charge in [-0.2, -0.15) is 18.2 Å². The number of amides is 2. The third-order valence-electron chi connectivity index (χ3n) is 6.47. The van der Waals surface area contributed by atoms with Crippen molar-refractivity contribution in [3.05, 3.63) is 35.2 Å². The van der Waals surface area contributed by atoms with Crippen LogP contribution in [0.25, 0.3) is 11.4 Å². The Bertz CT molecular complexity index is 1040. The Kier molecular flexibility index (Phi) is 4.75. The maximum absolute atomic E-state index is 13.3. The zero-order valence-corrected chi connectivity index (χ0v) is 16.7. The lowest BCUT2D eigenvalue weighted by Crippen LogP contribution is -2.53. The molecule has 2 aromatic rings. The SMILES string of the molecule is O=C1CCCN1C1CCCCC1N1Cc2ccc(-c3noc(C(F)(F)F)n3)cc2C1=O. The zero-order valence-electron chi connectivity index (χ0n) is 16.7. The number of aromatic nitrogens is 2. The van der Waals surface area contributed by atoms with Crippen LogP contribution < -0.4 is 0 Å². The molecular formula is C21H21F3N4O3. The molecule has 2 amide bonds. The molecule has 0 N–H and O–H groups in total. The van der Waals surface area contributed by atoms with Crippen molar-refractivity contribution in [2.75, 3.05) is 6.54 Å². The summed E-state index contributed by atoms with van der Waals surface area (Å²) < 4.78 is 42.6. The van der Waals surface area contributed by atoms with Crippen molar-refractivity contribution in [1.29, 1.82) is 0 Å². The average Bonchev–Trinajstić information content (AvgIpc) is 3.47. The predicted molar refractivity (Wildman–Crippen MR) is 102 cm³/mol. The van der Waals surface area contributed by atoms with Gasteiger partial charge in [0, 0.05) is 30.6 Å². The van der Waals surface area contributed by atoms with Crippen LogP contribution in [0.4, 0.5) is 13.2 Å². The van der Waals surface area contributed by atoms with E-state index in [1.54, 1.807) is 12.1 Å². The van der Waals surface area contributed by atoms with E-state index in [1.807, 2.05) is 9.80 Å². The lowest BCUT2D eigenvalue weighted by atomic mass is 9.88. The molecule has 0 bridgehead atoms. The van der Waals surface area contributed by atoms with Crippen LogP contribution in [0.15, 0.2) is 22.7 Å². The van der Waals surface area contributed by atoms with E-state index >= 15 is 0 Å². The third kappa shape index (κ3) is 3.47. The van der Waals surface area contributed by atoms with Crippen LogP contribution in [-0.2, 0) is 17.5 Å². The second-order valence-corrected chi connectivity index (χ2v) is 8.34. The smallest absolute Gasteiger partial charge is 0.338 e. The first-order chi connectivity index (χ1) is 14.8. The number of likely N-dealkylation sites (tertiary alicyclic amines) is 1. The van der Waals surface area contributed by atoms with Crippen molar-refractivity contribution < 1.29 is 27.3 Å². The average molecular weight is 434 g/mol. The summed E-state index contributed by atoms with van der Waals surface area (Å²) in [5.41, 5.74) is 1.54. The molecule has 1 aromatic heterocycles. The fourth-order valence-electron chi connectivity index (χ4n) is 5.02. The molecule has 164 valence electrons. The van der Waals surface area contributed by atoms with Crippen molar-refractivity contribution >= 4 is 11.8 Å². The highest BCUT2D eigenvalue weighted by atomic mass is 19.4. The summed E-state index contributed by atoms with van der Waals surface area (Å²) in [7, 11) is 0. The topological polar surface area (TPSA) is 79.5 Å². The van der Waals surface area contributed by atoms with Crippen LogP contribution in [0.2, 0.25) is 0 Å². The maximum Gasteiger partial charge on any atom is 0.471 e. The normalized spacial score (nSPS) is 24.2. The largest absolute Gasteiger partial charge is 0.471 e. The van der Waals surface area contributed by atoms with E-state index in [0.29, 0.717) is 24.1 Å². The van der Waals surface area contributed by atoms with Gasteiger partial charge < -0.3 is 14.3 Å². The van der Waals surface area contributed by atoms with E-state index < -0.39 is 12.1 Å².